The van der Waals surface area contributed by atoms with Crippen molar-refractivity contribution in [1.82, 2.24) is 14.5 Å². The highest BCUT2D eigenvalue weighted by Gasteiger charge is 2.13. The van der Waals surface area contributed by atoms with E-state index in [-0.39, 0.29) is 0 Å². The molecule has 0 saturated carbocycles. The molecular weight excluding hydrogens is 284 g/mol. The highest BCUT2D eigenvalue weighted by Crippen LogP contribution is 2.22. The number of aromatic nitrogens is 3. The first-order valence-electron chi connectivity index (χ1n) is 6.63. The van der Waals surface area contributed by atoms with Crippen molar-refractivity contribution < 1.29 is 0 Å². The molecule has 2 aromatic heterocycles. The molecule has 0 bridgehead atoms. The standard InChI is InChI=1S/C16H13ClN4/c1-11-7-14-16(19-10-11)21(15(20-14)5-6-17)13-4-2-3-12(8-13)9-18/h2-4,7-8,10H,5-6H2,1H3. The van der Waals surface area contributed by atoms with Crippen molar-refractivity contribution in [2.75, 3.05) is 5.88 Å². The zero-order chi connectivity index (χ0) is 14.8. The second-order valence-corrected chi connectivity index (χ2v) is 5.20. The van der Waals surface area contributed by atoms with Gasteiger partial charge in [-0.2, -0.15) is 5.26 Å². The molecule has 0 unspecified atom stereocenters. The van der Waals surface area contributed by atoms with Gasteiger partial charge < -0.3 is 0 Å². The fraction of sp³-hybridized carbons (Fsp3) is 0.188. The molecule has 0 amide bonds. The van der Waals surface area contributed by atoms with Crippen molar-refractivity contribution in [3.05, 3.63) is 53.5 Å². The Bertz CT molecular complexity index is 845. The Labute approximate surface area is 127 Å². The molecule has 0 fully saturated rings. The van der Waals surface area contributed by atoms with E-state index < -0.39 is 0 Å². The van der Waals surface area contributed by atoms with E-state index in [0.29, 0.717) is 17.9 Å². The van der Waals surface area contributed by atoms with Gasteiger partial charge in [0.15, 0.2) is 5.65 Å². The number of benzene rings is 1. The fourth-order valence-electron chi connectivity index (χ4n) is 2.35. The van der Waals surface area contributed by atoms with Gasteiger partial charge in [0.05, 0.1) is 17.3 Å². The lowest BCUT2D eigenvalue weighted by molar-refractivity contribution is 0.905. The van der Waals surface area contributed by atoms with Crippen LogP contribution in [0, 0.1) is 18.3 Å². The number of halogens is 1. The van der Waals surface area contributed by atoms with Gasteiger partial charge in [-0.05, 0) is 36.8 Å². The number of imidazole rings is 1. The highest BCUT2D eigenvalue weighted by molar-refractivity contribution is 6.17. The summed E-state index contributed by atoms with van der Waals surface area (Å²) in [5.41, 5.74) is 4.19. The number of hydrogen-bond acceptors (Lipinski definition) is 3. The molecule has 0 atom stereocenters. The van der Waals surface area contributed by atoms with Gasteiger partial charge in [-0.3, -0.25) is 4.57 Å². The van der Waals surface area contributed by atoms with Gasteiger partial charge in [-0.1, -0.05) is 6.07 Å². The monoisotopic (exact) mass is 296 g/mol. The Morgan fingerprint density at radius 2 is 2.19 bits per heavy atom. The average Bonchev–Trinajstić information content (AvgIpc) is 2.84. The third kappa shape index (κ3) is 2.48. The predicted molar refractivity (Wildman–Crippen MR) is 82.7 cm³/mol. The Balaban J connectivity index is 2.28. The van der Waals surface area contributed by atoms with Gasteiger partial charge in [-0.25, -0.2) is 9.97 Å². The number of nitriles is 1. The molecule has 0 N–H and O–H groups in total. The summed E-state index contributed by atoms with van der Waals surface area (Å²) in [6.07, 6.45) is 2.47. The van der Waals surface area contributed by atoms with E-state index in [0.717, 1.165) is 28.2 Å². The first kappa shape index (κ1) is 13.6. The second kappa shape index (κ2) is 5.55. The van der Waals surface area contributed by atoms with E-state index in [2.05, 4.69) is 16.0 Å². The summed E-state index contributed by atoms with van der Waals surface area (Å²) in [6.45, 7) is 1.99. The first-order valence-corrected chi connectivity index (χ1v) is 7.17. The van der Waals surface area contributed by atoms with Gasteiger partial charge in [0.2, 0.25) is 0 Å². The normalized spacial score (nSPS) is 10.7. The molecule has 5 heteroatoms. The van der Waals surface area contributed by atoms with Crippen molar-refractivity contribution in [2.24, 2.45) is 0 Å². The molecule has 4 nitrogen and oxygen atoms in total. The molecule has 1 aromatic carbocycles. The number of rotatable bonds is 3. The van der Waals surface area contributed by atoms with Crippen LogP contribution >= 0.6 is 11.6 Å². The van der Waals surface area contributed by atoms with Crippen LogP contribution in [0.5, 0.6) is 0 Å². The van der Waals surface area contributed by atoms with Crippen LogP contribution in [0.4, 0.5) is 0 Å². The van der Waals surface area contributed by atoms with Crippen LogP contribution in [0.3, 0.4) is 0 Å². The van der Waals surface area contributed by atoms with Crippen LogP contribution in [0.25, 0.3) is 16.9 Å². The fourth-order valence-corrected chi connectivity index (χ4v) is 2.52. The lowest BCUT2D eigenvalue weighted by atomic mass is 10.2. The summed E-state index contributed by atoms with van der Waals surface area (Å²) in [6, 6.07) is 11.6. The molecule has 0 aliphatic carbocycles. The SMILES string of the molecule is Cc1cnc2c(c1)nc(CCCl)n2-c1cccc(C#N)c1. The van der Waals surface area contributed by atoms with Gasteiger partial charge >= 0.3 is 0 Å². The van der Waals surface area contributed by atoms with E-state index in [1.54, 1.807) is 6.07 Å². The molecule has 0 aliphatic rings. The predicted octanol–water partition coefficient (Wildman–Crippen LogP) is 3.38. The molecule has 0 spiro atoms. The quantitative estimate of drug-likeness (QED) is 0.696. The van der Waals surface area contributed by atoms with Crippen LogP contribution in [0.1, 0.15) is 17.0 Å². The van der Waals surface area contributed by atoms with Crippen molar-refractivity contribution >= 4 is 22.8 Å². The van der Waals surface area contributed by atoms with Crippen LogP contribution in [0.15, 0.2) is 36.5 Å². The van der Waals surface area contributed by atoms with Crippen molar-refractivity contribution in [3.8, 4) is 11.8 Å². The zero-order valence-corrected chi connectivity index (χ0v) is 12.3. The molecule has 2 heterocycles. The van der Waals surface area contributed by atoms with Crippen LogP contribution in [-0.2, 0) is 6.42 Å². The van der Waals surface area contributed by atoms with E-state index >= 15 is 0 Å². The Kier molecular flexibility index (Phi) is 3.59. The summed E-state index contributed by atoms with van der Waals surface area (Å²) in [4.78, 5) is 9.12. The van der Waals surface area contributed by atoms with E-state index in [1.807, 2.05) is 42.0 Å². The number of fused-ring (bicyclic) bond motifs is 1. The molecule has 104 valence electrons. The molecule has 3 aromatic rings. The summed E-state index contributed by atoms with van der Waals surface area (Å²) >= 11 is 5.89. The van der Waals surface area contributed by atoms with E-state index in [9.17, 15) is 0 Å². The third-order valence-corrected chi connectivity index (χ3v) is 3.44. The van der Waals surface area contributed by atoms with Crippen LogP contribution in [0.2, 0.25) is 0 Å². The van der Waals surface area contributed by atoms with Gasteiger partial charge in [-0.15, -0.1) is 11.6 Å². The third-order valence-electron chi connectivity index (χ3n) is 3.25. The minimum atomic E-state index is 0.486. The molecule has 0 radical (unpaired) electrons. The zero-order valence-electron chi connectivity index (χ0n) is 11.5. The molecule has 21 heavy (non-hydrogen) atoms. The minimum absolute atomic E-state index is 0.486. The highest BCUT2D eigenvalue weighted by atomic mass is 35.5. The maximum absolute atomic E-state index is 9.07. The summed E-state index contributed by atoms with van der Waals surface area (Å²) in [5, 5.41) is 9.07. The largest absolute Gasteiger partial charge is 0.281 e. The van der Waals surface area contributed by atoms with Crippen LogP contribution < -0.4 is 0 Å². The van der Waals surface area contributed by atoms with Gasteiger partial charge in [0.25, 0.3) is 0 Å². The minimum Gasteiger partial charge on any atom is -0.281 e. The Morgan fingerprint density at radius 3 is 2.95 bits per heavy atom. The smallest absolute Gasteiger partial charge is 0.164 e. The Morgan fingerprint density at radius 1 is 1.33 bits per heavy atom. The molecule has 0 saturated heterocycles. The lowest BCUT2D eigenvalue weighted by Gasteiger charge is -2.08. The van der Waals surface area contributed by atoms with Gasteiger partial charge in [0.1, 0.15) is 11.3 Å². The number of hydrogen-bond donors (Lipinski definition) is 0. The second-order valence-electron chi connectivity index (χ2n) is 4.82. The summed E-state index contributed by atoms with van der Waals surface area (Å²) < 4.78 is 1.97. The van der Waals surface area contributed by atoms with Crippen LogP contribution in [-0.4, -0.2) is 20.4 Å². The topological polar surface area (TPSA) is 54.5 Å². The summed E-state index contributed by atoms with van der Waals surface area (Å²) in [7, 11) is 0. The van der Waals surface area contributed by atoms with Crippen molar-refractivity contribution in [2.45, 2.75) is 13.3 Å². The molecular formula is C16H13ClN4. The number of nitrogens with zero attached hydrogens (tertiary/aromatic N) is 4. The number of aryl methyl sites for hydroxylation is 2. The Hall–Kier alpha value is -2.38. The first-order chi connectivity index (χ1) is 10.2. The number of alkyl halides is 1. The molecule has 3 rings (SSSR count). The summed E-state index contributed by atoms with van der Waals surface area (Å²) in [5.74, 6) is 1.34. The molecule has 0 aliphatic heterocycles. The van der Waals surface area contributed by atoms with E-state index in [1.165, 1.54) is 0 Å². The maximum Gasteiger partial charge on any atom is 0.164 e. The van der Waals surface area contributed by atoms with Crippen molar-refractivity contribution in [3.63, 3.8) is 0 Å². The average molecular weight is 297 g/mol. The van der Waals surface area contributed by atoms with Crippen molar-refractivity contribution in [1.29, 1.82) is 5.26 Å². The lowest BCUT2D eigenvalue weighted by Crippen LogP contribution is -2.03. The van der Waals surface area contributed by atoms with Gasteiger partial charge in [0, 0.05) is 18.5 Å². The number of pyridine rings is 1. The van der Waals surface area contributed by atoms with E-state index in [4.69, 9.17) is 16.9 Å². The maximum atomic E-state index is 9.07.